The van der Waals surface area contributed by atoms with Crippen LogP contribution in [0.2, 0.25) is 15.5 Å². The summed E-state index contributed by atoms with van der Waals surface area (Å²) in [5, 5.41) is 2.36. The Morgan fingerprint density at radius 1 is 1.06 bits per heavy atom. The first-order valence-corrected chi connectivity index (χ1v) is 12.3. The molecule has 17 heavy (non-hydrogen) atoms. The summed E-state index contributed by atoms with van der Waals surface area (Å²) in [5.74, 6) is 0. The van der Waals surface area contributed by atoms with Gasteiger partial charge in [0.15, 0.2) is 0 Å². The van der Waals surface area contributed by atoms with Crippen molar-refractivity contribution in [2.24, 2.45) is 4.48 Å². The molecule has 0 atom stereocenters. The van der Waals surface area contributed by atoms with Gasteiger partial charge in [-0.3, -0.25) is 0 Å². The third kappa shape index (κ3) is 3.76. The molecule has 0 heterocycles. The molecule has 2 rings (SSSR count). The number of allylic oxidation sites excluding steroid dienone is 8. The molecule has 1 nitrogen and oxygen atoms in total. The van der Waals surface area contributed by atoms with Gasteiger partial charge in [-0.05, 0) is 6.42 Å². The average Bonchev–Trinajstić information content (AvgIpc) is 3.04. The van der Waals surface area contributed by atoms with Crippen molar-refractivity contribution in [3.63, 3.8) is 0 Å². The summed E-state index contributed by atoms with van der Waals surface area (Å²) >= 11 is -2.46. The van der Waals surface area contributed by atoms with Crippen molar-refractivity contribution < 1.29 is 13.8 Å². The van der Waals surface area contributed by atoms with Gasteiger partial charge < -0.3 is 0 Å². The number of hydrogen-bond donors (Lipinski definition) is 1. The van der Waals surface area contributed by atoms with Crippen molar-refractivity contribution in [3.8, 4) is 0 Å². The van der Waals surface area contributed by atoms with E-state index >= 15 is 0 Å². The Morgan fingerprint density at radius 3 is 1.94 bits per heavy atom. The molecule has 2 heteroatoms. The molecule has 0 aromatic rings. The first-order valence-electron chi connectivity index (χ1n) is 6.18. The third-order valence-corrected chi connectivity index (χ3v) is 14.3. The molecule has 0 aromatic heterocycles. The molecule has 2 aliphatic rings. The molecule has 0 aliphatic heterocycles. The van der Waals surface area contributed by atoms with Crippen molar-refractivity contribution in [3.05, 3.63) is 46.7 Å². The molecule has 2 aliphatic carbocycles. The SMILES string of the molecule is C1=CCC=C1.C[CH2][Ru]([CH3])([NH2])([CH2]C)[C]1=CC=CC1. The van der Waals surface area contributed by atoms with Crippen molar-refractivity contribution in [2.45, 2.75) is 42.2 Å². The van der Waals surface area contributed by atoms with E-state index in [1.54, 1.807) is 4.17 Å². The van der Waals surface area contributed by atoms with Gasteiger partial charge in [-0.25, -0.2) is 0 Å². The quantitative estimate of drug-likeness (QED) is 0.741. The first kappa shape index (κ1) is 14.6. The van der Waals surface area contributed by atoms with E-state index in [1.165, 1.54) is 10.0 Å². The predicted molar refractivity (Wildman–Crippen MR) is 75.8 cm³/mol. The van der Waals surface area contributed by atoms with Gasteiger partial charge in [0.1, 0.15) is 0 Å². The van der Waals surface area contributed by atoms with Crippen LogP contribution in [0.25, 0.3) is 0 Å². The fraction of sp³-hybridized carbons (Fsp3) is 0.467. The topological polar surface area (TPSA) is 26.0 Å². The second-order valence-electron chi connectivity index (χ2n) is 4.52. The Hall–Kier alpha value is -0.457. The van der Waals surface area contributed by atoms with Crippen molar-refractivity contribution in [1.29, 1.82) is 0 Å². The maximum absolute atomic E-state index is 6.61. The second-order valence-corrected chi connectivity index (χ2v) is 16.4. The van der Waals surface area contributed by atoms with Gasteiger partial charge in [-0.1, -0.05) is 24.3 Å². The second kappa shape index (κ2) is 5.93. The van der Waals surface area contributed by atoms with E-state index in [0.717, 1.165) is 12.8 Å². The van der Waals surface area contributed by atoms with Crippen LogP contribution >= 0.6 is 0 Å². The minimum absolute atomic E-state index is 1.11. The van der Waals surface area contributed by atoms with Gasteiger partial charge in [-0.15, -0.1) is 0 Å². The fourth-order valence-electron chi connectivity index (χ4n) is 1.70. The Labute approximate surface area is 107 Å². The van der Waals surface area contributed by atoms with Crippen LogP contribution in [0.4, 0.5) is 0 Å². The number of rotatable bonds is 3. The molecular formula is C15H26NRu. The zero-order valence-corrected chi connectivity index (χ0v) is 13.0. The third-order valence-electron chi connectivity index (χ3n) is 3.44. The first-order chi connectivity index (χ1) is 8.02. The molecule has 0 bridgehead atoms. The van der Waals surface area contributed by atoms with Crippen molar-refractivity contribution in [1.82, 2.24) is 0 Å². The summed E-state index contributed by atoms with van der Waals surface area (Å²) in [5.41, 5.74) is 2.34. The summed E-state index contributed by atoms with van der Waals surface area (Å²) < 4.78 is 8.17. The summed E-state index contributed by atoms with van der Waals surface area (Å²) in [4.78, 5) is 0. The van der Waals surface area contributed by atoms with Crippen LogP contribution in [0.3, 0.4) is 0 Å². The molecule has 0 radical (unpaired) electrons. The van der Waals surface area contributed by atoms with Gasteiger partial charge in [0, 0.05) is 0 Å². The maximum atomic E-state index is 6.61. The molecule has 0 aromatic carbocycles. The standard InChI is InChI=1S/C5H6.C5H5.2C2H5.CH3.H2N.Ru/c2*1-2-4-5-3-1;2*1-2;;;/h1-4H,5H2;1-3H,4H2;2*1H2,2H3;1H3;1H2;/q;;;;;-1;+1. The Kier molecular flexibility index (Phi) is 5.10. The van der Waals surface area contributed by atoms with Crippen LogP contribution in [-0.4, -0.2) is 0 Å². The average molecular weight is 321 g/mol. The summed E-state index contributed by atoms with van der Waals surface area (Å²) in [6.45, 7) is 4.49. The molecule has 0 amide bonds. The molecular weight excluding hydrogens is 295 g/mol. The van der Waals surface area contributed by atoms with E-state index in [9.17, 15) is 0 Å². The Morgan fingerprint density at radius 2 is 1.65 bits per heavy atom. The zero-order valence-electron chi connectivity index (χ0n) is 11.3. The Balaban J connectivity index is 0.000000239. The molecule has 99 valence electrons. The van der Waals surface area contributed by atoms with Crippen molar-refractivity contribution >= 4 is 0 Å². The van der Waals surface area contributed by atoms with Gasteiger partial charge in [0.2, 0.25) is 0 Å². The molecule has 0 saturated carbocycles. The van der Waals surface area contributed by atoms with E-state index < -0.39 is 13.8 Å². The normalized spacial score (nSPS) is 19.5. The van der Waals surface area contributed by atoms with Crippen LogP contribution in [0.1, 0.15) is 26.7 Å². The number of nitrogens with two attached hydrogens (primary N) is 1. The Bertz CT molecular complexity index is 354. The fourth-order valence-corrected chi connectivity index (χ4v) is 6.45. The number of hydrogen-bond acceptors (Lipinski definition) is 1. The molecule has 0 spiro atoms. The van der Waals surface area contributed by atoms with E-state index in [-0.39, 0.29) is 0 Å². The van der Waals surface area contributed by atoms with Gasteiger partial charge in [0.05, 0.1) is 0 Å². The van der Waals surface area contributed by atoms with Gasteiger partial charge >= 0.3 is 76.5 Å². The predicted octanol–water partition coefficient (Wildman–Crippen LogP) is 4.82. The summed E-state index contributed by atoms with van der Waals surface area (Å²) in [6.07, 6.45) is 17.2. The van der Waals surface area contributed by atoms with E-state index in [2.05, 4.69) is 61.9 Å². The van der Waals surface area contributed by atoms with Gasteiger partial charge in [0.25, 0.3) is 0 Å². The van der Waals surface area contributed by atoms with E-state index in [4.69, 9.17) is 4.48 Å². The van der Waals surface area contributed by atoms with Crippen LogP contribution in [0.5, 0.6) is 0 Å². The van der Waals surface area contributed by atoms with E-state index in [0.29, 0.717) is 0 Å². The molecule has 0 fully saturated rings. The summed E-state index contributed by atoms with van der Waals surface area (Å²) in [7, 11) is 0. The molecule has 0 unspecified atom stereocenters. The van der Waals surface area contributed by atoms with Crippen molar-refractivity contribution in [2.75, 3.05) is 0 Å². The molecule has 0 saturated heterocycles. The van der Waals surface area contributed by atoms with Crippen LogP contribution in [0.15, 0.2) is 46.7 Å². The van der Waals surface area contributed by atoms with Crippen LogP contribution < -0.4 is 4.48 Å². The minimum atomic E-state index is -2.46. The van der Waals surface area contributed by atoms with Crippen LogP contribution in [-0.2, 0) is 13.8 Å². The van der Waals surface area contributed by atoms with E-state index in [1.807, 2.05) is 0 Å². The summed E-state index contributed by atoms with van der Waals surface area (Å²) in [6, 6.07) is 0. The monoisotopic (exact) mass is 322 g/mol. The molecule has 2 N–H and O–H groups in total. The van der Waals surface area contributed by atoms with Gasteiger partial charge in [-0.2, -0.15) is 0 Å². The zero-order chi connectivity index (χ0) is 12.8. The van der Waals surface area contributed by atoms with Crippen LogP contribution in [0, 0.1) is 0 Å².